The highest BCUT2D eigenvalue weighted by molar-refractivity contribution is 5.39. The van der Waals surface area contributed by atoms with Crippen molar-refractivity contribution < 1.29 is 4.74 Å². The first-order chi connectivity index (χ1) is 9.28. The predicted octanol–water partition coefficient (Wildman–Crippen LogP) is 2.40. The zero-order valence-electron chi connectivity index (χ0n) is 11.1. The number of aryl methyl sites for hydroxylation is 1. The van der Waals surface area contributed by atoms with E-state index in [4.69, 9.17) is 4.74 Å². The average molecular weight is 259 g/mol. The smallest absolute Gasteiger partial charge is 0.224 e. The molecule has 2 heterocycles. The molecule has 0 spiro atoms. The molecule has 0 saturated heterocycles. The monoisotopic (exact) mass is 259 g/mol. The summed E-state index contributed by atoms with van der Waals surface area (Å²) < 4.78 is 7.56. The van der Waals surface area contributed by atoms with Gasteiger partial charge in [0.25, 0.3) is 0 Å². The SMILES string of the molecule is CCn1cc(Oc2cc(NC)nc(C3CC3)n2)cn1. The second-order valence-electron chi connectivity index (χ2n) is 4.61. The Morgan fingerprint density at radius 1 is 1.42 bits per heavy atom. The number of anilines is 1. The molecule has 6 nitrogen and oxygen atoms in total. The highest BCUT2D eigenvalue weighted by Crippen LogP contribution is 2.39. The summed E-state index contributed by atoms with van der Waals surface area (Å²) in [6.07, 6.45) is 5.89. The molecule has 1 N–H and O–H groups in total. The van der Waals surface area contributed by atoms with E-state index in [2.05, 4.69) is 20.4 Å². The third-order valence-electron chi connectivity index (χ3n) is 3.07. The highest BCUT2D eigenvalue weighted by Gasteiger charge is 2.27. The number of ether oxygens (including phenoxy) is 1. The molecular weight excluding hydrogens is 242 g/mol. The van der Waals surface area contributed by atoms with Gasteiger partial charge in [0, 0.05) is 25.6 Å². The van der Waals surface area contributed by atoms with Gasteiger partial charge in [-0.1, -0.05) is 0 Å². The molecule has 0 unspecified atom stereocenters. The maximum atomic E-state index is 5.75. The van der Waals surface area contributed by atoms with Gasteiger partial charge in [0.05, 0.1) is 12.4 Å². The van der Waals surface area contributed by atoms with E-state index in [0.29, 0.717) is 17.5 Å². The molecule has 2 aromatic rings. The van der Waals surface area contributed by atoms with Gasteiger partial charge in [0.2, 0.25) is 5.88 Å². The van der Waals surface area contributed by atoms with Crippen molar-refractivity contribution >= 4 is 5.82 Å². The minimum atomic E-state index is 0.494. The van der Waals surface area contributed by atoms with Gasteiger partial charge in [-0.25, -0.2) is 4.98 Å². The van der Waals surface area contributed by atoms with Gasteiger partial charge >= 0.3 is 0 Å². The van der Waals surface area contributed by atoms with Crippen LogP contribution in [0, 0.1) is 0 Å². The molecule has 0 aliphatic heterocycles. The first-order valence-corrected chi connectivity index (χ1v) is 6.55. The molecule has 100 valence electrons. The Labute approximate surface area is 111 Å². The molecule has 0 bridgehead atoms. The van der Waals surface area contributed by atoms with Gasteiger partial charge in [-0.05, 0) is 19.8 Å². The van der Waals surface area contributed by atoms with Crippen molar-refractivity contribution in [2.45, 2.75) is 32.2 Å². The zero-order valence-corrected chi connectivity index (χ0v) is 11.1. The second kappa shape index (κ2) is 4.87. The van der Waals surface area contributed by atoms with E-state index in [9.17, 15) is 0 Å². The van der Waals surface area contributed by atoms with Crippen molar-refractivity contribution in [3.8, 4) is 11.6 Å². The van der Waals surface area contributed by atoms with E-state index in [1.807, 2.05) is 24.9 Å². The lowest BCUT2D eigenvalue weighted by Gasteiger charge is -2.07. The van der Waals surface area contributed by atoms with Crippen molar-refractivity contribution in [1.82, 2.24) is 19.7 Å². The second-order valence-corrected chi connectivity index (χ2v) is 4.61. The minimum Gasteiger partial charge on any atom is -0.436 e. The largest absolute Gasteiger partial charge is 0.436 e. The van der Waals surface area contributed by atoms with Crippen LogP contribution in [0.3, 0.4) is 0 Å². The van der Waals surface area contributed by atoms with Crippen LogP contribution in [0.25, 0.3) is 0 Å². The first kappa shape index (κ1) is 12.0. The topological polar surface area (TPSA) is 64.9 Å². The van der Waals surface area contributed by atoms with Gasteiger partial charge in [-0.3, -0.25) is 4.68 Å². The summed E-state index contributed by atoms with van der Waals surface area (Å²) in [5.41, 5.74) is 0. The zero-order chi connectivity index (χ0) is 13.2. The minimum absolute atomic E-state index is 0.494. The lowest BCUT2D eigenvalue weighted by molar-refractivity contribution is 0.458. The Balaban J connectivity index is 1.84. The third kappa shape index (κ3) is 2.67. The molecule has 19 heavy (non-hydrogen) atoms. The Kier molecular flexibility index (Phi) is 3.06. The Hall–Kier alpha value is -2.11. The predicted molar refractivity (Wildman–Crippen MR) is 71.5 cm³/mol. The maximum absolute atomic E-state index is 5.75. The quantitative estimate of drug-likeness (QED) is 0.893. The maximum Gasteiger partial charge on any atom is 0.224 e. The molecule has 1 saturated carbocycles. The van der Waals surface area contributed by atoms with E-state index < -0.39 is 0 Å². The summed E-state index contributed by atoms with van der Waals surface area (Å²) >= 11 is 0. The first-order valence-electron chi connectivity index (χ1n) is 6.55. The van der Waals surface area contributed by atoms with E-state index >= 15 is 0 Å². The molecule has 1 aliphatic carbocycles. The van der Waals surface area contributed by atoms with Gasteiger partial charge in [-0.15, -0.1) is 0 Å². The molecule has 6 heteroatoms. The van der Waals surface area contributed by atoms with Crippen LogP contribution in [0.1, 0.15) is 31.5 Å². The summed E-state index contributed by atoms with van der Waals surface area (Å²) in [6.45, 7) is 2.86. The highest BCUT2D eigenvalue weighted by atomic mass is 16.5. The van der Waals surface area contributed by atoms with Crippen LogP contribution in [0.15, 0.2) is 18.5 Å². The average Bonchev–Trinajstić information content (AvgIpc) is 3.19. The summed E-state index contributed by atoms with van der Waals surface area (Å²) in [7, 11) is 1.85. The molecule has 1 fully saturated rings. The summed E-state index contributed by atoms with van der Waals surface area (Å²) in [5.74, 6) is 3.41. The molecule has 0 aromatic carbocycles. The van der Waals surface area contributed by atoms with Crippen LogP contribution in [0.2, 0.25) is 0 Å². The van der Waals surface area contributed by atoms with Crippen molar-refractivity contribution in [2.75, 3.05) is 12.4 Å². The van der Waals surface area contributed by atoms with Crippen LogP contribution in [0.5, 0.6) is 11.6 Å². The van der Waals surface area contributed by atoms with Crippen LogP contribution >= 0.6 is 0 Å². The normalized spacial score (nSPS) is 14.4. The van der Waals surface area contributed by atoms with E-state index in [-0.39, 0.29) is 0 Å². The number of nitrogens with zero attached hydrogens (tertiary/aromatic N) is 4. The van der Waals surface area contributed by atoms with Gasteiger partial charge < -0.3 is 10.1 Å². The lowest BCUT2D eigenvalue weighted by Crippen LogP contribution is -2.00. The summed E-state index contributed by atoms with van der Waals surface area (Å²) in [4.78, 5) is 8.92. The molecule has 3 rings (SSSR count). The molecule has 2 aromatic heterocycles. The molecular formula is C13H17N5O. The van der Waals surface area contributed by atoms with Crippen molar-refractivity contribution in [1.29, 1.82) is 0 Å². The standard InChI is InChI=1S/C13H17N5O/c1-3-18-8-10(7-15-18)19-12-6-11(14-2)16-13(17-12)9-4-5-9/h6-9H,3-5H2,1-2H3,(H,14,16,17). The van der Waals surface area contributed by atoms with Crippen molar-refractivity contribution in [3.05, 3.63) is 24.3 Å². The molecule has 1 aliphatic rings. The van der Waals surface area contributed by atoms with E-state index in [1.165, 1.54) is 12.8 Å². The van der Waals surface area contributed by atoms with Crippen LogP contribution < -0.4 is 10.1 Å². The number of hydrogen-bond acceptors (Lipinski definition) is 5. The van der Waals surface area contributed by atoms with E-state index in [1.54, 1.807) is 12.3 Å². The Morgan fingerprint density at radius 3 is 2.89 bits per heavy atom. The molecule has 0 amide bonds. The van der Waals surface area contributed by atoms with Crippen molar-refractivity contribution in [2.24, 2.45) is 0 Å². The van der Waals surface area contributed by atoms with Gasteiger partial charge in [0.1, 0.15) is 11.6 Å². The Morgan fingerprint density at radius 2 is 2.26 bits per heavy atom. The van der Waals surface area contributed by atoms with Gasteiger partial charge in [-0.2, -0.15) is 10.1 Å². The van der Waals surface area contributed by atoms with Gasteiger partial charge in [0.15, 0.2) is 5.75 Å². The van der Waals surface area contributed by atoms with Crippen LogP contribution in [0.4, 0.5) is 5.82 Å². The molecule has 0 atom stereocenters. The molecule has 0 radical (unpaired) electrons. The van der Waals surface area contributed by atoms with E-state index in [0.717, 1.165) is 18.2 Å². The summed E-state index contributed by atoms with van der Waals surface area (Å²) in [6, 6.07) is 1.80. The number of nitrogens with one attached hydrogen (secondary N) is 1. The fourth-order valence-corrected chi connectivity index (χ4v) is 1.84. The third-order valence-corrected chi connectivity index (χ3v) is 3.07. The van der Waals surface area contributed by atoms with Crippen LogP contribution in [-0.4, -0.2) is 26.8 Å². The number of hydrogen-bond donors (Lipinski definition) is 1. The lowest BCUT2D eigenvalue weighted by atomic mass is 10.4. The number of rotatable bonds is 5. The van der Waals surface area contributed by atoms with Crippen molar-refractivity contribution in [3.63, 3.8) is 0 Å². The fraction of sp³-hybridized carbons (Fsp3) is 0.462. The van der Waals surface area contributed by atoms with Crippen LogP contribution in [-0.2, 0) is 6.54 Å². The Bertz CT molecular complexity index is 576. The summed E-state index contributed by atoms with van der Waals surface area (Å²) in [5, 5.41) is 7.22. The number of aromatic nitrogens is 4. The fourth-order valence-electron chi connectivity index (χ4n) is 1.84.